The third kappa shape index (κ3) is 9.69. The topological polar surface area (TPSA) is 166 Å². The first-order valence-corrected chi connectivity index (χ1v) is 10.4. The van der Waals surface area contributed by atoms with Crippen LogP contribution in [0.1, 0.15) is 46.6 Å². The number of ether oxygens (including phenoxy) is 2. The molecular formula is C22H33N5O6. The molecule has 0 aliphatic heterocycles. The minimum atomic E-state index is -1.36. The van der Waals surface area contributed by atoms with Crippen molar-refractivity contribution >= 4 is 30.2 Å². The molecule has 11 heteroatoms. The minimum absolute atomic E-state index is 0.116. The van der Waals surface area contributed by atoms with E-state index in [1.807, 2.05) is 5.43 Å². The highest BCUT2D eigenvalue weighted by Crippen LogP contribution is 2.16. The number of hydrogen-bond acceptors (Lipinski definition) is 8. The maximum absolute atomic E-state index is 13.0. The Bertz CT molecular complexity index is 851. The highest BCUT2D eigenvalue weighted by atomic mass is 16.6. The number of imide groups is 1. The Morgan fingerprint density at radius 1 is 1.18 bits per heavy atom. The van der Waals surface area contributed by atoms with E-state index in [-0.39, 0.29) is 24.8 Å². The summed E-state index contributed by atoms with van der Waals surface area (Å²) in [4.78, 5) is 49.7. The molecule has 0 bridgehead atoms. The number of nitrogens with one attached hydrogen (secondary N) is 1. The van der Waals surface area contributed by atoms with E-state index in [1.54, 1.807) is 65.0 Å². The van der Waals surface area contributed by atoms with E-state index in [0.717, 1.165) is 0 Å². The Labute approximate surface area is 193 Å². The molecule has 0 aliphatic carbocycles. The number of nitrogens with zero attached hydrogens (tertiary/aromatic N) is 2. The number of hydrazone groups is 1. The van der Waals surface area contributed by atoms with Gasteiger partial charge in [0.05, 0.1) is 12.5 Å². The number of aldehydes is 1. The van der Waals surface area contributed by atoms with Crippen molar-refractivity contribution in [3.05, 3.63) is 35.9 Å². The van der Waals surface area contributed by atoms with Crippen LogP contribution in [-0.4, -0.2) is 52.8 Å². The molecule has 0 radical (unpaired) electrons. The van der Waals surface area contributed by atoms with Crippen molar-refractivity contribution in [3.63, 3.8) is 0 Å². The van der Waals surface area contributed by atoms with E-state index in [0.29, 0.717) is 16.7 Å². The molecule has 4 amide bonds. The Hall–Kier alpha value is -3.47. The molecule has 1 aromatic rings. The first kappa shape index (κ1) is 27.6. The number of hydrogen-bond donors (Lipinski definition) is 3. The van der Waals surface area contributed by atoms with Gasteiger partial charge in [0.25, 0.3) is 0 Å². The van der Waals surface area contributed by atoms with E-state index in [9.17, 15) is 19.2 Å². The van der Waals surface area contributed by atoms with Crippen molar-refractivity contribution in [2.24, 2.45) is 22.5 Å². The summed E-state index contributed by atoms with van der Waals surface area (Å²) in [6.45, 7) is 8.45. The molecule has 182 valence electrons. The quantitative estimate of drug-likeness (QED) is 0.217. The van der Waals surface area contributed by atoms with E-state index >= 15 is 0 Å². The number of carbonyl (C=O) groups is 4. The van der Waals surface area contributed by atoms with Gasteiger partial charge in [-0.15, -0.1) is 5.10 Å². The molecule has 0 saturated heterocycles. The minimum Gasteiger partial charge on any atom is -0.474 e. The summed E-state index contributed by atoms with van der Waals surface area (Å²) in [5.41, 5.74) is 13.0. The van der Waals surface area contributed by atoms with Crippen LogP contribution in [0.2, 0.25) is 0 Å². The molecular weight excluding hydrogens is 430 g/mol. The zero-order valence-corrected chi connectivity index (χ0v) is 19.6. The molecule has 1 rings (SSSR count). The van der Waals surface area contributed by atoms with Gasteiger partial charge in [0.1, 0.15) is 24.5 Å². The summed E-state index contributed by atoms with van der Waals surface area (Å²) in [7, 11) is 0. The van der Waals surface area contributed by atoms with Gasteiger partial charge in [-0.1, -0.05) is 44.2 Å². The predicted octanol–water partition coefficient (Wildman–Crippen LogP) is 1.89. The van der Waals surface area contributed by atoms with Crippen LogP contribution in [0, 0.1) is 5.92 Å². The smallest absolute Gasteiger partial charge is 0.417 e. The van der Waals surface area contributed by atoms with Crippen LogP contribution in [0.4, 0.5) is 9.59 Å². The largest absolute Gasteiger partial charge is 0.474 e. The van der Waals surface area contributed by atoms with Crippen molar-refractivity contribution < 1.29 is 28.7 Å². The molecule has 5 N–H and O–H groups in total. The van der Waals surface area contributed by atoms with Gasteiger partial charge >= 0.3 is 12.1 Å². The molecule has 0 aromatic heterocycles. The van der Waals surface area contributed by atoms with E-state index < -0.39 is 35.7 Å². The van der Waals surface area contributed by atoms with Crippen molar-refractivity contribution in [3.8, 4) is 0 Å². The standard InChI is InChI=1S/C22H33N5O6/c1-14(2)18(23)19(29)27(21(31)32-13-15-9-7-6-8-10-15)16(12-28)11-17(25-26-20(24)30)33-22(3,4)5/h6-10,12,14,16,18H,11,13,23H2,1-5H3,(H3,24,26,30). The average Bonchev–Trinajstić information content (AvgIpc) is 2.74. The third-order valence-corrected chi connectivity index (χ3v) is 4.23. The average molecular weight is 464 g/mol. The van der Waals surface area contributed by atoms with Crippen molar-refractivity contribution in [2.75, 3.05) is 0 Å². The Morgan fingerprint density at radius 3 is 2.27 bits per heavy atom. The number of urea groups is 1. The highest BCUT2D eigenvalue weighted by molar-refractivity contribution is 5.98. The molecule has 0 saturated carbocycles. The predicted molar refractivity (Wildman–Crippen MR) is 122 cm³/mol. The fourth-order valence-corrected chi connectivity index (χ4v) is 2.58. The summed E-state index contributed by atoms with van der Waals surface area (Å²) >= 11 is 0. The summed E-state index contributed by atoms with van der Waals surface area (Å²) in [5, 5.41) is 3.76. The molecule has 2 unspecified atom stereocenters. The van der Waals surface area contributed by atoms with Crippen molar-refractivity contribution in [2.45, 2.75) is 65.3 Å². The molecule has 0 spiro atoms. The fraction of sp³-hybridized carbons (Fsp3) is 0.500. The molecule has 0 aliphatic rings. The van der Waals surface area contributed by atoms with Gasteiger partial charge in [-0.05, 0) is 32.3 Å². The molecule has 11 nitrogen and oxygen atoms in total. The number of primary amides is 1. The normalized spacial score (nSPS) is 13.6. The molecule has 2 atom stereocenters. The summed E-state index contributed by atoms with van der Waals surface area (Å²) < 4.78 is 11.0. The lowest BCUT2D eigenvalue weighted by Crippen LogP contribution is -2.54. The number of amides is 4. The lowest BCUT2D eigenvalue weighted by Gasteiger charge is -2.30. The maximum atomic E-state index is 13.0. The zero-order chi connectivity index (χ0) is 25.2. The van der Waals surface area contributed by atoms with E-state index in [1.165, 1.54) is 0 Å². The monoisotopic (exact) mass is 463 g/mol. The first-order valence-electron chi connectivity index (χ1n) is 10.4. The van der Waals surface area contributed by atoms with Crippen LogP contribution in [0.15, 0.2) is 35.4 Å². The van der Waals surface area contributed by atoms with Crippen molar-refractivity contribution in [1.29, 1.82) is 0 Å². The lowest BCUT2D eigenvalue weighted by atomic mass is 10.0. The molecule has 33 heavy (non-hydrogen) atoms. The van der Waals surface area contributed by atoms with Gasteiger partial charge in [0.2, 0.25) is 11.8 Å². The summed E-state index contributed by atoms with van der Waals surface area (Å²) in [5.74, 6) is -1.23. The SMILES string of the molecule is CC(C)C(N)C(=O)N(C(=O)OCc1ccccc1)C(C=O)CC(=NNC(N)=O)OC(C)(C)C. The molecule has 1 aromatic carbocycles. The van der Waals surface area contributed by atoms with Crippen LogP contribution < -0.4 is 16.9 Å². The first-order chi connectivity index (χ1) is 15.4. The van der Waals surface area contributed by atoms with E-state index in [4.69, 9.17) is 20.9 Å². The second kappa shape index (κ2) is 12.5. The van der Waals surface area contributed by atoms with Crippen LogP contribution in [-0.2, 0) is 25.7 Å². The van der Waals surface area contributed by atoms with Crippen LogP contribution in [0.25, 0.3) is 0 Å². The Morgan fingerprint density at radius 2 is 1.79 bits per heavy atom. The Kier molecular flexibility index (Phi) is 10.5. The number of carbonyl (C=O) groups excluding carboxylic acids is 4. The summed E-state index contributed by atoms with van der Waals surface area (Å²) in [6, 6.07) is 5.46. The van der Waals surface area contributed by atoms with Crippen LogP contribution >= 0.6 is 0 Å². The third-order valence-electron chi connectivity index (χ3n) is 4.23. The number of rotatable bonds is 9. The second-order valence-corrected chi connectivity index (χ2v) is 8.62. The zero-order valence-electron chi connectivity index (χ0n) is 19.6. The second-order valence-electron chi connectivity index (χ2n) is 8.62. The van der Waals surface area contributed by atoms with E-state index in [2.05, 4.69) is 5.10 Å². The van der Waals surface area contributed by atoms with Gasteiger partial charge in [-0.3, -0.25) is 4.79 Å². The molecule has 0 fully saturated rings. The number of benzene rings is 1. The van der Waals surface area contributed by atoms with Gasteiger partial charge in [0, 0.05) is 0 Å². The number of nitrogens with two attached hydrogens (primary N) is 2. The summed E-state index contributed by atoms with van der Waals surface area (Å²) in [6.07, 6.45) is -0.992. The van der Waals surface area contributed by atoms with Crippen LogP contribution in [0.5, 0.6) is 0 Å². The highest BCUT2D eigenvalue weighted by Gasteiger charge is 2.37. The van der Waals surface area contributed by atoms with Crippen molar-refractivity contribution in [1.82, 2.24) is 10.3 Å². The maximum Gasteiger partial charge on any atom is 0.417 e. The van der Waals surface area contributed by atoms with Gasteiger partial charge in [0.15, 0.2) is 0 Å². The van der Waals surface area contributed by atoms with Gasteiger partial charge in [-0.2, -0.15) is 0 Å². The Balaban J connectivity index is 3.23. The van der Waals surface area contributed by atoms with Crippen LogP contribution in [0.3, 0.4) is 0 Å². The van der Waals surface area contributed by atoms with Gasteiger partial charge < -0.3 is 25.7 Å². The molecule has 0 heterocycles. The fourth-order valence-electron chi connectivity index (χ4n) is 2.58. The lowest BCUT2D eigenvalue weighted by molar-refractivity contribution is -0.136. The van der Waals surface area contributed by atoms with Gasteiger partial charge in [-0.25, -0.2) is 19.9 Å².